The van der Waals surface area contributed by atoms with E-state index in [4.69, 9.17) is 23.2 Å². The maximum atomic E-state index is 11.0. The molecule has 2 heterocycles. The van der Waals surface area contributed by atoms with Gasteiger partial charge in [-0.05, 0) is 48.9 Å². The topological polar surface area (TPSA) is 46.0 Å². The van der Waals surface area contributed by atoms with E-state index < -0.39 is 0 Å². The molecule has 28 heavy (non-hydrogen) atoms. The summed E-state index contributed by atoms with van der Waals surface area (Å²) in [5.41, 5.74) is 4.03. The molecule has 0 saturated carbocycles. The first kappa shape index (κ1) is 18.7. The molecule has 0 spiro atoms. The van der Waals surface area contributed by atoms with Crippen molar-refractivity contribution in [1.82, 2.24) is 9.97 Å². The fraction of sp³-hybridized carbons (Fsp3) is 0.130. The van der Waals surface area contributed by atoms with Crippen LogP contribution in [0.15, 0.2) is 66.9 Å². The summed E-state index contributed by atoms with van der Waals surface area (Å²) >= 11 is 12.8. The molecule has 1 N–H and O–H groups in total. The van der Waals surface area contributed by atoms with Gasteiger partial charge < -0.3 is 5.11 Å². The number of aryl methyl sites for hydroxylation is 1. The quantitative estimate of drug-likeness (QED) is 0.429. The van der Waals surface area contributed by atoms with E-state index in [-0.39, 0.29) is 11.7 Å². The van der Waals surface area contributed by atoms with Crippen molar-refractivity contribution in [3.05, 3.63) is 99.4 Å². The second-order valence-corrected chi connectivity index (χ2v) is 7.62. The van der Waals surface area contributed by atoms with Crippen LogP contribution in [0.3, 0.4) is 0 Å². The molecule has 140 valence electrons. The Hall–Kier alpha value is -2.62. The fourth-order valence-electron chi connectivity index (χ4n) is 3.52. The Bertz CT molecular complexity index is 1160. The molecule has 3 nitrogen and oxygen atoms in total. The highest BCUT2D eigenvalue weighted by molar-refractivity contribution is 6.33. The van der Waals surface area contributed by atoms with Crippen LogP contribution in [0, 0.1) is 6.92 Å². The Labute approximate surface area is 173 Å². The average Bonchev–Trinajstić information content (AvgIpc) is 2.69. The van der Waals surface area contributed by atoms with E-state index in [1.165, 1.54) is 0 Å². The van der Waals surface area contributed by atoms with Crippen molar-refractivity contribution in [2.75, 3.05) is 0 Å². The number of nitrogens with zero attached hydrogens (tertiary/aromatic N) is 2. The Morgan fingerprint density at radius 2 is 1.82 bits per heavy atom. The van der Waals surface area contributed by atoms with Crippen molar-refractivity contribution < 1.29 is 5.11 Å². The zero-order valence-electron chi connectivity index (χ0n) is 15.2. The van der Waals surface area contributed by atoms with Gasteiger partial charge in [0, 0.05) is 50.9 Å². The van der Waals surface area contributed by atoms with Crippen LogP contribution >= 0.6 is 23.2 Å². The lowest BCUT2D eigenvalue weighted by Gasteiger charge is -2.21. The lowest BCUT2D eigenvalue weighted by atomic mass is 9.86. The molecule has 0 saturated heterocycles. The fourth-order valence-corrected chi connectivity index (χ4v) is 3.95. The number of aromatic hydroxyl groups is 1. The normalized spacial score (nSPS) is 12.2. The second kappa shape index (κ2) is 7.78. The smallest absolute Gasteiger partial charge is 0.145 e. The van der Waals surface area contributed by atoms with Crippen molar-refractivity contribution in [2.24, 2.45) is 0 Å². The van der Waals surface area contributed by atoms with Crippen molar-refractivity contribution in [2.45, 2.75) is 19.3 Å². The minimum absolute atomic E-state index is 0.159. The third kappa shape index (κ3) is 3.68. The van der Waals surface area contributed by atoms with Gasteiger partial charge in [0.2, 0.25) is 0 Å². The number of phenolic OH excluding ortho intramolecular Hbond substituents is 1. The number of halogens is 2. The minimum atomic E-state index is -0.216. The first-order chi connectivity index (χ1) is 13.5. The van der Waals surface area contributed by atoms with Gasteiger partial charge in [0.05, 0.1) is 0 Å². The van der Waals surface area contributed by atoms with E-state index in [2.05, 4.69) is 9.97 Å². The maximum absolute atomic E-state index is 11.0. The Balaban J connectivity index is 1.90. The molecular weight excluding hydrogens is 391 g/mol. The molecule has 4 aromatic rings. The highest BCUT2D eigenvalue weighted by Gasteiger charge is 2.23. The lowest BCUT2D eigenvalue weighted by molar-refractivity contribution is 0.469. The molecule has 0 aliphatic carbocycles. The van der Waals surface area contributed by atoms with E-state index in [0.29, 0.717) is 22.0 Å². The monoisotopic (exact) mass is 408 g/mol. The lowest BCUT2D eigenvalue weighted by Crippen LogP contribution is -2.08. The summed E-state index contributed by atoms with van der Waals surface area (Å²) in [6, 6.07) is 19.0. The Kier molecular flexibility index (Phi) is 5.21. The Morgan fingerprint density at radius 1 is 0.964 bits per heavy atom. The highest BCUT2D eigenvalue weighted by atomic mass is 35.5. The van der Waals surface area contributed by atoms with Crippen LogP contribution in [-0.4, -0.2) is 15.1 Å². The first-order valence-electron chi connectivity index (χ1n) is 8.97. The molecule has 0 aliphatic heterocycles. The zero-order valence-corrected chi connectivity index (χ0v) is 16.7. The van der Waals surface area contributed by atoms with Crippen molar-refractivity contribution in [3.63, 3.8) is 0 Å². The van der Waals surface area contributed by atoms with Gasteiger partial charge in [-0.1, -0.05) is 47.5 Å². The second-order valence-electron chi connectivity index (χ2n) is 6.77. The van der Waals surface area contributed by atoms with E-state index in [1.807, 2.05) is 55.5 Å². The molecule has 0 radical (unpaired) electrons. The van der Waals surface area contributed by atoms with E-state index >= 15 is 0 Å². The van der Waals surface area contributed by atoms with Gasteiger partial charge >= 0.3 is 0 Å². The van der Waals surface area contributed by atoms with Gasteiger partial charge in [0.25, 0.3) is 0 Å². The third-order valence-electron chi connectivity index (χ3n) is 4.85. The van der Waals surface area contributed by atoms with Crippen LogP contribution in [-0.2, 0) is 6.42 Å². The molecule has 0 bridgehead atoms. The van der Waals surface area contributed by atoms with Gasteiger partial charge in [0.1, 0.15) is 11.3 Å². The van der Waals surface area contributed by atoms with Crippen LogP contribution in [0.25, 0.3) is 10.9 Å². The first-order valence-corrected chi connectivity index (χ1v) is 9.72. The number of fused-ring (bicyclic) bond motifs is 1. The molecule has 1 atom stereocenters. The predicted octanol–water partition coefficient (Wildman–Crippen LogP) is 6.33. The maximum Gasteiger partial charge on any atom is 0.145 e. The molecular formula is C23H18Cl2N2O. The SMILES string of the molecule is Cc1cccc(CC(c2cc(Cl)ccc2Cl)c2ccc3cccnc3c2O)n1. The summed E-state index contributed by atoms with van der Waals surface area (Å²) in [7, 11) is 0. The number of pyridine rings is 2. The average molecular weight is 409 g/mol. The van der Waals surface area contributed by atoms with Crippen molar-refractivity contribution in [1.29, 1.82) is 0 Å². The zero-order chi connectivity index (χ0) is 19.7. The van der Waals surface area contributed by atoms with Crippen molar-refractivity contribution >= 4 is 34.1 Å². The van der Waals surface area contributed by atoms with E-state index in [1.54, 1.807) is 18.3 Å². The summed E-state index contributed by atoms with van der Waals surface area (Å²) < 4.78 is 0. The molecule has 2 aromatic heterocycles. The summed E-state index contributed by atoms with van der Waals surface area (Å²) in [6.07, 6.45) is 2.25. The van der Waals surface area contributed by atoms with Crippen LogP contribution in [0.5, 0.6) is 5.75 Å². The third-order valence-corrected chi connectivity index (χ3v) is 5.43. The van der Waals surface area contributed by atoms with E-state index in [0.717, 1.165) is 27.9 Å². The number of aromatic nitrogens is 2. The number of benzene rings is 2. The van der Waals surface area contributed by atoms with Crippen LogP contribution in [0.1, 0.15) is 28.4 Å². The van der Waals surface area contributed by atoms with Gasteiger partial charge in [0.15, 0.2) is 0 Å². The van der Waals surface area contributed by atoms with Crippen LogP contribution in [0.2, 0.25) is 10.0 Å². The number of hydrogen-bond donors (Lipinski definition) is 1. The molecule has 0 fully saturated rings. The molecule has 1 unspecified atom stereocenters. The Morgan fingerprint density at radius 3 is 2.64 bits per heavy atom. The van der Waals surface area contributed by atoms with Gasteiger partial charge in [-0.3, -0.25) is 9.97 Å². The molecule has 2 aromatic carbocycles. The van der Waals surface area contributed by atoms with Gasteiger partial charge in [-0.25, -0.2) is 0 Å². The minimum Gasteiger partial charge on any atom is -0.505 e. The molecule has 0 amide bonds. The summed E-state index contributed by atoms with van der Waals surface area (Å²) in [5, 5.41) is 13.1. The van der Waals surface area contributed by atoms with Crippen LogP contribution in [0.4, 0.5) is 0 Å². The highest BCUT2D eigenvalue weighted by Crippen LogP contribution is 2.40. The summed E-state index contributed by atoms with van der Waals surface area (Å²) in [5.74, 6) is -0.0568. The number of rotatable bonds is 4. The summed E-state index contributed by atoms with van der Waals surface area (Å²) in [4.78, 5) is 8.99. The van der Waals surface area contributed by atoms with Gasteiger partial charge in [-0.2, -0.15) is 0 Å². The number of hydrogen-bond acceptors (Lipinski definition) is 3. The molecule has 4 rings (SSSR count). The largest absolute Gasteiger partial charge is 0.505 e. The van der Waals surface area contributed by atoms with E-state index in [9.17, 15) is 5.11 Å². The predicted molar refractivity (Wildman–Crippen MR) is 114 cm³/mol. The van der Waals surface area contributed by atoms with Crippen LogP contribution < -0.4 is 0 Å². The van der Waals surface area contributed by atoms with Crippen molar-refractivity contribution in [3.8, 4) is 5.75 Å². The molecule has 0 aliphatic rings. The number of phenols is 1. The summed E-state index contributed by atoms with van der Waals surface area (Å²) in [6.45, 7) is 1.96. The standard InChI is InChI=1S/C23H18Cl2N2O/c1-14-4-2-6-17(27-14)13-19(20-12-16(24)8-10-21(20)25)18-9-7-15-5-3-11-26-22(15)23(18)28/h2-12,19,28H,13H2,1H3. The van der Waals surface area contributed by atoms with Gasteiger partial charge in [-0.15, -0.1) is 0 Å². The molecule has 5 heteroatoms.